The fourth-order valence-corrected chi connectivity index (χ4v) is 1.97. The van der Waals surface area contributed by atoms with Gasteiger partial charge < -0.3 is 15.6 Å². The molecular weight excluding hydrogens is 256 g/mol. The van der Waals surface area contributed by atoms with Crippen LogP contribution in [0.3, 0.4) is 0 Å². The molecule has 3 N–H and O–H groups in total. The predicted octanol–water partition coefficient (Wildman–Crippen LogP) is 1.71. The van der Waals surface area contributed by atoms with Crippen molar-refractivity contribution in [2.24, 2.45) is 12.8 Å². The summed E-state index contributed by atoms with van der Waals surface area (Å²) in [6, 6.07) is 6.03. The van der Waals surface area contributed by atoms with Crippen LogP contribution in [-0.4, -0.2) is 22.6 Å². The number of aryl methyl sites for hydroxylation is 1. The maximum atomic E-state index is 5.44. The Bertz CT molecular complexity index is 477. The highest BCUT2D eigenvalue weighted by Crippen LogP contribution is 2.25. The molecule has 1 aromatic heterocycles. The van der Waals surface area contributed by atoms with Crippen molar-refractivity contribution in [3.05, 3.63) is 22.7 Å². The van der Waals surface area contributed by atoms with E-state index in [4.69, 9.17) is 5.73 Å². The predicted molar refractivity (Wildman–Crippen MR) is 66.0 cm³/mol. The van der Waals surface area contributed by atoms with Gasteiger partial charge in [0.15, 0.2) is 0 Å². The van der Waals surface area contributed by atoms with Crippen LogP contribution >= 0.6 is 15.9 Å². The minimum absolute atomic E-state index is 0.602. The molecule has 1 aromatic carbocycles. The summed E-state index contributed by atoms with van der Waals surface area (Å²) in [5.74, 6) is 0.849. The standard InChI is InChI=1S/C10H13BrN4/c1-15-8-4-2-3-7(11)9(8)14-10(15)13-6-5-12/h2-4H,5-6,12H2,1H3,(H,13,14). The van der Waals surface area contributed by atoms with Crippen LogP contribution < -0.4 is 11.1 Å². The van der Waals surface area contributed by atoms with Gasteiger partial charge in [-0.2, -0.15) is 0 Å². The van der Waals surface area contributed by atoms with E-state index in [2.05, 4.69) is 26.2 Å². The van der Waals surface area contributed by atoms with Gasteiger partial charge in [0.1, 0.15) is 5.52 Å². The third kappa shape index (κ3) is 1.85. The van der Waals surface area contributed by atoms with Crippen LogP contribution in [0.1, 0.15) is 0 Å². The Labute approximate surface area is 96.6 Å². The second kappa shape index (κ2) is 4.20. The van der Waals surface area contributed by atoms with E-state index in [0.29, 0.717) is 6.54 Å². The maximum absolute atomic E-state index is 5.44. The van der Waals surface area contributed by atoms with Gasteiger partial charge in [-0.3, -0.25) is 0 Å². The normalized spacial score (nSPS) is 10.9. The van der Waals surface area contributed by atoms with Crippen molar-refractivity contribution < 1.29 is 0 Å². The van der Waals surface area contributed by atoms with Gasteiger partial charge >= 0.3 is 0 Å². The number of imidazole rings is 1. The van der Waals surface area contributed by atoms with E-state index in [1.165, 1.54) is 0 Å². The molecule has 0 bridgehead atoms. The van der Waals surface area contributed by atoms with Gasteiger partial charge in [-0.05, 0) is 28.1 Å². The number of hydrogen-bond acceptors (Lipinski definition) is 3. The molecule has 0 aliphatic rings. The number of hydrogen-bond donors (Lipinski definition) is 2. The first kappa shape index (κ1) is 10.4. The first-order valence-corrected chi connectivity index (χ1v) is 5.58. The van der Waals surface area contributed by atoms with Crippen molar-refractivity contribution in [3.8, 4) is 0 Å². The lowest BCUT2D eigenvalue weighted by molar-refractivity contribution is 0.915. The van der Waals surface area contributed by atoms with Crippen molar-refractivity contribution in [1.29, 1.82) is 0 Å². The number of aromatic nitrogens is 2. The summed E-state index contributed by atoms with van der Waals surface area (Å²) in [6.07, 6.45) is 0. The fraction of sp³-hybridized carbons (Fsp3) is 0.300. The molecule has 15 heavy (non-hydrogen) atoms. The topological polar surface area (TPSA) is 55.9 Å². The number of rotatable bonds is 3. The van der Waals surface area contributed by atoms with Gasteiger partial charge in [0, 0.05) is 24.6 Å². The number of nitrogens with zero attached hydrogens (tertiary/aromatic N) is 2. The molecule has 0 radical (unpaired) electrons. The summed E-state index contributed by atoms with van der Waals surface area (Å²) >= 11 is 3.48. The molecule has 0 aliphatic heterocycles. The lowest BCUT2D eigenvalue weighted by Gasteiger charge is -2.03. The SMILES string of the molecule is Cn1c(NCCN)nc2c(Br)cccc21. The summed E-state index contributed by atoms with van der Waals surface area (Å²) in [4.78, 5) is 4.50. The smallest absolute Gasteiger partial charge is 0.203 e. The Morgan fingerprint density at radius 2 is 2.33 bits per heavy atom. The molecular formula is C10H13BrN4. The Morgan fingerprint density at radius 1 is 1.53 bits per heavy atom. The van der Waals surface area contributed by atoms with E-state index in [0.717, 1.165) is 28.0 Å². The first-order chi connectivity index (χ1) is 7.24. The minimum Gasteiger partial charge on any atom is -0.354 e. The number of nitrogens with two attached hydrogens (primary N) is 1. The van der Waals surface area contributed by atoms with Crippen LogP contribution in [0.2, 0.25) is 0 Å². The lowest BCUT2D eigenvalue weighted by Crippen LogP contribution is -2.15. The van der Waals surface area contributed by atoms with Crippen molar-refractivity contribution in [2.45, 2.75) is 0 Å². The number of anilines is 1. The Kier molecular flexibility index (Phi) is 2.93. The number of para-hydroxylation sites is 1. The van der Waals surface area contributed by atoms with Crippen LogP contribution in [0, 0.1) is 0 Å². The molecule has 2 aromatic rings. The number of nitrogens with one attached hydrogen (secondary N) is 1. The molecule has 0 aliphatic carbocycles. The minimum atomic E-state index is 0.602. The van der Waals surface area contributed by atoms with Crippen molar-refractivity contribution in [1.82, 2.24) is 9.55 Å². The van der Waals surface area contributed by atoms with Crippen LogP contribution in [0.25, 0.3) is 11.0 Å². The molecule has 4 nitrogen and oxygen atoms in total. The number of fused-ring (bicyclic) bond motifs is 1. The maximum Gasteiger partial charge on any atom is 0.203 e. The van der Waals surface area contributed by atoms with Crippen molar-refractivity contribution >= 4 is 32.9 Å². The zero-order valence-corrected chi connectivity index (χ0v) is 10.1. The Balaban J connectivity index is 2.49. The van der Waals surface area contributed by atoms with Gasteiger partial charge in [-0.25, -0.2) is 4.98 Å². The average Bonchev–Trinajstić information content (AvgIpc) is 2.55. The fourth-order valence-electron chi connectivity index (χ4n) is 1.52. The van der Waals surface area contributed by atoms with E-state index < -0.39 is 0 Å². The van der Waals surface area contributed by atoms with Crippen molar-refractivity contribution in [3.63, 3.8) is 0 Å². The molecule has 0 saturated heterocycles. The van der Waals surface area contributed by atoms with Crippen LogP contribution in [-0.2, 0) is 7.05 Å². The molecule has 0 unspecified atom stereocenters. The van der Waals surface area contributed by atoms with E-state index in [1.54, 1.807) is 0 Å². The molecule has 80 valence electrons. The Morgan fingerprint density at radius 3 is 3.00 bits per heavy atom. The monoisotopic (exact) mass is 268 g/mol. The number of halogens is 1. The van der Waals surface area contributed by atoms with Crippen LogP contribution in [0.15, 0.2) is 22.7 Å². The molecule has 5 heteroatoms. The highest BCUT2D eigenvalue weighted by molar-refractivity contribution is 9.10. The third-order valence-electron chi connectivity index (χ3n) is 2.29. The van der Waals surface area contributed by atoms with E-state index in [1.807, 2.05) is 29.8 Å². The molecule has 0 atom stereocenters. The summed E-state index contributed by atoms with van der Waals surface area (Å²) in [7, 11) is 1.99. The van der Waals surface area contributed by atoms with E-state index in [-0.39, 0.29) is 0 Å². The van der Waals surface area contributed by atoms with Gasteiger partial charge in [-0.1, -0.05) is 6.07 Å². The summed E-state index contributed by atoms with van der Waals surface area (Å²) in [5, 5.41) is 3.19. The largest absolute Gasteiger partial charge is 0.354 e. The summed E-state index contributed by atoms with van der Waals surface area (Å²) in [6.45, 7) is 1.33. The molecule has 0 saturated carbocycles. The van der Waals surface area contributed by atoms with Gasteiger partial charge in [0.2, 0.25) is 5.95 Å². The summed E-state index contributed by atoms with van der Waals surface area (Å²) in [5.41, 5.74) is 7.51. The quantitative estimate of drug-likeness (QED) is 0.891. The van der Waals surface area contributed by atoms with Crippen molar-refractivity contribution in [2.75, 3.05) is 18.4 Å². The molecule has 0 spiro atoms. The molecule has 0 fully saturated rings. The zero-order chi connectivity index (χ0) is 10.8. The van der Waals surface area contributed by atoms with Crippen LogP contribution in [0.5, 0.6) is 0 Å². The zero-order valence-electron chi connectivity index (χ0n) is 8.50. The highest BCUT2D eigenvalue weighted by atomic mass is 79.9. The Hall–Kier alpha value is -1.07. The number of benzene rings is 1. The highest BCUT2D eigenvalue weighted by Gasteiger charge is 2.08. The van der Waals surface area contributed by atoms with E-state index in [9.17, 15) is 0 Å². The molecule has 0 amide bonds. The molecule has 1 heterocycles. The van der Waals surface area contributed by atoms with E-state index >= 15 is 0 Å². The van der Waals surface area contributed by atoms with Gasteiger partial charge in [-0.15, -0.1) is 0 Å². The van der Waals surface area contributed by atoms with Crippen LogP contribution in [0.4, 0.5) is 5.95 Å². The average molecular weight is 269 g/mol. The lowest BCUT2D eigenvalue weighted by atomic mass is 10.3. The second-order valence-corrected chi connectivity index (χ2v) is 4.17. The second-order valence-electron chi connectivity index (χ2n) is 3.32. The summed E-state index contributed by atoms with van der Waals surface area (Å²) < 4.78 is 3.03. The van der Waals surface area contributed by atoms with Gasteiger partial charge in [0.25, 0.3) is 0 Å². The first-order valence-electron chi connectivity index (χ1n) is 4.79. The van der Waals surface area contributed by atoms with Gasteiger partial charge in [0.05, 0.1) is 5.52 Å². The molecule has 2 rings (SSSR count). The third-order valence-corrected chi connectivity index (χ3v) is 2.93.